The van der Waals surface area contributed by atoms with Crippen molar-refractivity contribution in [2.45, 2.75) is 104 Å². The Hall–Kier alpha value is -0.510. The minimum absolute atomic E-state index is 0.685. The molecule has 0 aromatic rings. The molecule has 0 aromatic carbocycles. The third kappa shape index (κ3) is 13.9. The van der Waals surface area contributed by atoms with Gasteiger partial charge in [0.25, 0.3) is 0 Å². The van der Waals surface area contributed by atoms with Crippen LogP contribution in [0.1, 0.15) is 104 Å². The molecule has 0 spiro atoms. The van der Waals surface area contributed by atoms with Crippen molar-refractivity contribution >= 4 is 0 Å². The highest BCUT2D eigenvalue weighted by Gasteiger charge is 2.10. The van der Waals surface area contributed by atoms with Crippen LogP contribution in [-0.4, -0.2) is 6.54 Å². The summed E-state index contributed by atoms with van der Waals surface area (Å²) >= 11 is 0. The van der Waals surface area contributed by atoms with Crippen LogP contribution in [0.25, 0.3) is 4.85 Å². The standard InChI is InChI=1S/C19H37N/c1-4-6-8-10-12-14-16-19(18-20-3)17-15-13-11-9-7-5-2/h19H,4-18H2,1-2H3. The Bertz CT molecular complexity index is 200. The van der Waals surface area contributed by atoms with Crippen LogP contribution < -0.4 is 0 Å². The van der Waals surface area contributed by atoms with E-state index in [2.05, 4.69) is 18.7 Å². The van der Waals surface area contributed by atoms with Crippen LogP contribution in [0.2, 0.25) is 0 Å². The average Bonchev–Trinajstić information content (AvgIpc) is 2.46. The Morgan fingerprint density at radius 1 is 0.650 bits per heavy atom. The van der Waals surface area contributed by atoms with Gasteiger partial charge in [-0.1, -0.05) is 90.9 Å². The van der Waals surface area contributed by atoms with E-state index in [0.29, 0.717) is 5.92 Å². The molecule has 0 atom stereocenters. The summed E-state index contributed by atoms with van der Waals surface area (Å²) in [4.78, 5) is 3.64. The zero-order chi connectivity index (χ0) is 14.9. The van der Waals surface area contributed by atoms with Gasteiger partial charge in [0, 0.05) is 5.92 Å². The van der Waals surface area contributed by atoms with Crippen LogP contribution >= 0.6 is 0 Å². The maximum Gasteiger partial charge on any atom is 0.217 e. The topological polar surface area (TPSA) is 4.36 Å². The highest BCUT2D eigenvalue weighted by Crippen LogP contribution is 2.19. The number of hydrogen-bond donors (Lipinski definition) is 0. The molecule has 0 fully saturated rings. The summed E-state index contributed by atoms with van der Waals surface area (Å²) in [7, 11) is 0. The fraction of sp³-hybridized carbons (Fsp3) is 0.947. The van der Waals surface area contributed by atoms with Crippen molar-refractivity contribution in [2.75, 3.05) is 6.54 Å². The summed E-state index contributed by atoms with van der Waals surface area (Å²) in [5, 5.41) is 0. The van der Waals surface area contributed by atoms with Gasteiger partial charge in [-0.05, 0) is 12.8 Å². The van der Waals surface area contributed by atoms with Gasteiger partial charge in [-0.15, -0.1) is 0 Å². The highest BCUT2D eigenvalue weighted by molar-refractivity contribution is 4.70. The van der Waals surface area contributed by atoms with E-state index in [-0.39, 0.29) is 0 Å². The average molecular weight is 280 g/mol. The Balaban J connectivity index is 3.48. The first-order valence-corrected chi connectivity index (χ1v) is 9.18. The summed E-state index contributed by atoms with van der Waals surface area (Å²) < 4.78 is 0. The molecule has 0 aliphatic heterocycles. The van der Waals surface area contributed by atoms with Crippen LogP contribution in [0.5, 0.6) is 0 Å². The van der Waals surface area contributed by atoms with E-state index < -0.39 is 0 Å². The molecular formula is C19H37N. The number of rotatable bonds is 15. The quantitative estimate of drug-likeness (QED) is 0.224. The van der Waals surface area contributed by atoms with Crippen molar-refractivity contribution in [1.29, 1.82) is 0 Å². The van der Waals surface area contributed by atoms with E-state index in [1.54, 1.807) is 0 Å². The van der Waals surface area contributed by atoms with Crippen LogP contribution in [0.15, 0.2) is 0 Å². The van der Waals surface area contributed by atoms with Gasteiger partial charge in [0.2, 0.25) is 6.54 Å². The first-order valence-electron chi connectivity index (χ1n) is 9.18. The van der Waals surface area contributed by atoms with Gasteiger partial charge in [-0.25, -0.2) is 6.57 Å². The van der Waals surface area contributed by atoms with E-state index >= 15 is 0 Å². The lowest BCUT2D eigenvalue weighted by Gasteiger charge is -2.11. The summed E-state index contributed by atoms with van der Waals surface area (Å²) in [6.45, 7) is 12.4. The number of nitrogens with zero attached hydrogens (tertiary/aromatic N) is 1. The Labute approximate surface area is 128 Å². The zero-order valence-corrected chi connectivity index (χ0v) is 14.1. The fourth-order valence-corrected chi connectivity index (χ4v) is 2.88. The third-order valence-electron chi connectivity index (χ3n) is 4.28. The van der Waals surface area contributed by atoms with Crippen molar-refractivity contribution < 1.29 is 0 Å². The molecule has 0 aromatic heterocycles. The van der Waals surface area contributed by atoms with Crippen molar-refractivity contribution in [3.63, 3.8) is 0 Å². The van der Waals surface area contributed by atoms with Gasteiger partial charge < -0.3 is 4.85 Å². The van der Waals surface area contributed by atoms with Gasteiger partial charge in [-0.2, -0.15) is 0 Å². The largest absolute Gasteiger partial charge is 0.317 e. The molecule has 1 nitrogen and oxygen atoms in total. The van der Waals surface area contributed by atoms with Crippen molar-refractivity contribution in [3.8, 4) is 0 Å². The summed E-state index contributed by atoms with van der Waals surface area (Å²) in [6.07, 6.45) is 19.1. The minimum Gasteiger partial charge on any atom is -0.317 e. The SMILES string of the molecule is [C-]#[N+]CC(CCCCCCCC)CCCCCCCC. The maximum absolute atomic E-state index is 7.10. The van der Waals surface area contributed by atoms with E-state index in [4.69, 9.17) is 6.57 Å². The van der Waals surface area contributed by atoms with Gasteiger partial charge in [0.05, 0.1) is 0 Å². The van der Waals surface area contributed by atoms with E-state index in [1.807, 2.05) is 0 Å². The number of hydrogen-bond acceptors (Lipinski definition) is 0. The molecule has 0 rings (SSSR count). The van der Waals surface area contributed by atoms with Crippen LogP contribution in [-0.2, 0) is 0 Å². The van der Waals surface area contributed by atoms with Crippen LogP contribution in [0.4, 0.5) is 0 Å². The third-order valence-corrected chi connectivity index (χ3v) is 4.28. The summed E-state index contributed by atoms with van der Waals surface area (Å²) in [6, 6.07) is 0. The maximum atomic E-state index is 7.10. The van der Waals surface area contributed by atoms with Gasteiger partial charge in [0.1, 0.15) is 0 Å². The lowest BCUT2D eigenvalue weighted by molar-refractivity contribution is 0.425. The van der Waals surface area contributed by atoms with Gasteiger partial charge in [-0.3, -0.25) is 0 Å². The summed E-state index contributed by atoms with van der Waals surface area (Å²) in [5.74, 6) is 0.685. The highest BCUT2D eigenvalue weighted by atomic mass is 14.6. The van der Waals surface area contributed by atoms with Gasteiger partial charge >= 0.3 is 0 Å². The lowest BCUT2D eigenvalue weighted by atomic mass is 9.94. The predicted octanol–water partition coefficient (Wildman–Crippen LogP) is 7.02. The normalized spacial score (nSPS) is 10.9. The molecule has 0 aliphatic rings. The molecule has 118 valence electrons. The molecule has 0 radical (unpaired) electrons. The van der Waals surface area contributed by atoms with Crippen LogP contribution in [0, 0.1) is 12.5 Å². The molecule has 1 heteroatoms. The van der Waals surface area contributed by atoms with E-state index in [9.17, 15) is 0 Å². The summed E-state index contributed by atoms with van der Waals surface area (Å²) in [5.41, 5.74) is 0. The molecule has 0 heterocycles. The fourth-order valence-electron chi connectivity index (χ4n) is 2.88. The Morgan fingerprint density at radius 3 is 1.45 bits per heavy atom. The molecule has 0 saturated carbocycles. The van der Waals surface area contributed by atoms with E-state index in [1.165, 1.54) is 89.9 Å². The predicted molar refractivity (Wildman–Crippen MR) is 90.9 cm³/mol. The van der Waals surface area contributed by atoms with Crippen molar-refractivity contribution in [3.05, 3.63) is 11.4 Å². The lowest BCUT2D eigenvalue weighted by Crippen LogP contribution is -2.04. The monoisotopic (exact) mass is 279 g/mol. The Morgan fingerprint density at radius 2 is 1.05 bits per heavy atom. The number of unbranched alkanes of at least 4 members (excludes halogenated alkanes) is 10. The smallest absolute Gasteiger partial charge is 0.217 e. The van der Waals surface area contributed by atoms with Crippen molar-refractivity contribution in [2.24, 2.45) is 5.92 Å². The van der Waals surface area contributed by atoms with Crippen LogP contribution in [0.3, 0.4) is 0 Å². The van der Waals surface area contributed by atoms with E-state index in [0.717, 1.165) is 6.54 Å². The molecule has 0 bridgehead atoms. The molecule has 0 unspecified atom stereocenters. The molecule has 0 N–H and O–H groups in total. The minimum atomic E-state index is 0.685. The van der Waals surface area contributed by atoms with Gasteiger partial charge in [0.15, 0.2) is 0 Å². The molecule has 0 aliphatic carbocycles. The molecule has 20 heavy (non-hydrogen) atoms. The molecule has 0 saturated heterocycles. The Kier molecular flexibility index (Phi) is 16.1. The first kappa shape index (κ1) is 19.5. The first-order chi connectivity index (χ1) is 9.85. The second-order valence-electron chi connectivity index (χ2n) is 6.32. The second-order valence-corrected chi connectivity index (χ2v) is 6.32. The molecule has 0 amide bonds. The zero-order valence-electron chi connectivity index (χ0n) is 14.1. The molecular weight excluding hydrogens is 242 g/mol. The van der Waals surface area contributed by atoms with Crippen molar-refractivity contribution in [1.82, 2.24) is 0 Å². The second kappa shape index (κ2) is 16.5.